The average Bonchev–Trinajstić information content (AvgIpc) is 2.62. The molecular weight excluding hydrogens is 306 g/mol. The Labute approximate surface area is 142 Å². The molecule has 0 spiro atoms. The van der Waals surface area contributed by atoms with Crippen LogP contribution in [-0.2, 0) is 6.54 Å². The van der Waals surface area contributed by atoms with Gasteiger partial charge in [-0.15, -0.1) is 0 Å². The minimum absolute atomic E-state index is 0.0673. The molecule has 0 unspecified atom stereocenters. The van der Waals surface area contributed by atoms with E-state index < -0.39 is 6.43 Å². The Bertz CT molecular complexity index is 630. The van der Waals surface area contributed by atoms with Crippen LogP contribution in [0.5, 0.6) is 0 Å². The second-order valence-corrected chi connectivity index (χ2v) is 6.58. The van der Waals surface area contributed by atoms with Crippen LogP contribution >= 0.6 is 0 Å². The molecule has 1 saturated heterocycles. The van der Waals surface area contributed by atoms with E-state index in [1.54, 1.807) is 12.1 Å². The van der Waals surface area contributed by atoms with E-state index in [-0.39, 0.29) is 5.56 Å². The van der Waals surface area contributed by atoms with Crippen molar-refractivity contribution in [1.82, 2.24) is 10.2 Å². The van der Waals surface area contributed by atoms with Gasteiger partial charge in [0.15, 0.2) is 0 Å². The molecule has 0 aliphatic carbocycles. The highest BCUT2D eigenvalue weighted by molar-refractivity contribution is 5.64. The van der Waals surface area contributed by atoms with E-state index in [2.05, 4.69) is 41.5 Å². The molecule has 3 rings (SSSR count). The molecule has 2 aromatic rings. The number of rotatable bonds is 5. The first-order valence-electron chi connectivity index (χ1n) is 8.51. The third-order valence-electron chi connectivity index (χ3n) is 4.76. The quantitative estimate of drug-likeness (QED) is 0.870. The summed E-state index contributed by atoms with van der Waals surface area (Å²) >= 11 is 0. The highest BCUT2D eigenvalue weighted by Gasteiger charge is 2.15. The van der Waals surface area contributed by atoms with Gasteiger partial charge in [0.05, 0.1) is 0 Å². The normalized spacial score (nSPS) is 16.7. The van der Waals surface area contributed by atoms with Gasteiger partial charge in [-0.1, -0.05) is 48.5 Å². The second kappa shape index (κ2) is 7.86. The Morgan fingerprint density at radius 1 is 0.958 bits per heavy atom. The first-order chi connectivity index (χ1) is 11.6. The first kappa shape index (κ1) is 17.1. The van der Waals surface area contributed by atoms with E-state index in [0.717, 1.165) is 30.8 Å². The summed E-state index contributed by atoms with van der Waals surface area (Å²) in [6.45, 7) is 3.19. The number of nitrogens with one attached hydrogen (secondary N) is 1. The number of benzene rings is 2. The molecule has 128 valence electrons. The number of nitrogens with zero attached hydrogens (tertiary/aromatic N) is 1. The van der Waals surface area contributed by atoms with E-state index in [9.17, 15) is 8.78 Å². The summed E-state index contributed by atoms with van der Waals surface area (Å²) in [6.07, 6.45) is -0.0112. The maximum Gasteiger partial charge on any atom is 0.263 e. The second-order valence-electron chi connectivity index (χ2n) is 6.58. The monoisotopic (exact) mass is 330 g/mol. The number of likely N-dealkylation sites (tertiary alicyclic amines) is 1. The van der Waals surface area contributed by atoms with Gasteiger partial charge in [-0.2, -0.15) is 0 Å². The number of piperidine rings is 1. The van der Waals surface area contributed by atoms with E-state index >= 15 is 0 Å². The fourth-order valence-corrected chi connectivity index (χ4v) is 3.11. The molecule has 1 aliphatic rings. The van der Waals surface area contributed by atoms with Crippen LogP contribution in [0.25, 0.3) is 11.1 Å². The van der Waals surface area contributed by atoms with Crippen LogP contribution in [0.1, 0.15) is 30.4 Å². The summed E-state index contributed by atoms with van der Waals surface area (Å²) in [7, 11) is 2.17. The number of hydrogen-bond donors (Lipinski definition) is 1. The molecule has 1 N–H and O–H groups in total. The maximum atomic E-state index is 12.6. The number of hydrogen-bond acceptors (Lipinski definition) is 2. The van der Waals surface area contributed by atoms with Gasteiger partial charge < -0.3 is 10.2 Å². The van der Waals surface area contributed by atoms with E-state index in [4.69, 9.17) is 0 Å². The van der Waals surface area contributed by atoms with Gasteiger partial charge in [0.1, 0.15) is 0 Å². The fourth-order valence-electron chi connectivity index (χ4n) is 3.11. The van der Waals surface area contributed by atoms with Crippen molar-refractivity contribution in [2.75, 3.05) is 20.1 Å². The molecule has 0 radical (unpaired) electrons. The fraction of sp³-hybridized carbons (Fsp3) is 0.400. The van der Waals surface area contributed by atoms with Crippen molar-refractivity contribution < 1.29 is 8.78 Å². The van der Waals surface area contributed by atoms with Crippen molar-refractivity contribution >= 4 is 0 Å². The standard InChI is InChI=1S/C20H24F2N2/c1-24-12-10-19(11-13-24)23-14-15-2-4-16(5-3-15)17-6-8-18(9-7-17)20(21)22/h2-9,19-20,23H,10-14H2,1H3. The molecule has 0 bridgehead atoms. The van der Waals surface area contributed by atoms with Crippen LogP contribution in [0.15, 0.2) is 48.5 Å². The van der Waals surface area contributed by atoms with Gasteiger partial charge in [-0.3, -0.25) is 0 Å². The van der Waals surface area contributed by atoms with Gasteiger partial charge >= 0.3 is 0 Å². The third-order valence-corrected chi connectivity index (χ3v) is 4.76. The average molecular weight is 330 g/mol. The zero-order chi connectivity index (χ0) is 16.9. The van der Waals surface area contributed by atoms with E-state index in [1.165, 1.54) is 30.5 Å². The molecule has 1 heterocycles. The maximum absolute atomic E-state index is 12.6. The number of alkyl halides is 2. The predicted octanol–water partition coefficient (Wildman–Crippen LogP) is 4.48. The molecule has 24 heavy (non-hydrogen) atoms. The largest absolute Gasteiger partial charge is 0.310 e. The molecule has 4 heteroatoms. The third kappa shape index (κ3) is 4.40. The highest BCUT2D eigenvalue weighted by atomic mass is 19.3. The topological polar surface area (TPSA) is 15.3 Å². The lowest BCUT2D eigenvalue weighted by molar-refractivity contribution is 0.151. The Morgan fingerprint density at radius 2 is 1.50 bits per heavy atom. The SMILES string of the molecule is CN1CCC(NCc2ccc(-c3ccc(C(F)F)cc3)cc2)CC1. The van der Waals surface area contributed by atoms with Crippen molar-refractivity contribution in [2.45, 2.75) is 31.9 Å². The van der Waals surface area contributed by atoms with Crippen LogP contribution in [0.4, 0.5) is 8.78 Å². The van der Waals surface area contributed by atoms with Gasteiger partial charge in [0.2, 0.25) is 0 Å². The zero-order valence-electron chi connectivity index (χ0n) is 14.0. The van der Waals surface area contributed by atoms with Crippen LogP contribution in [-0.4, -0.2) is 31.1 Å². The van der Waals surface area contributed by atoms with Gasteiger partial charge in [-0.25, -0.2) is 8.78 Å². The van der Waals surface area contributed by atoms with Crippen LogP contribution < -0.4 is 5.32 Å². The van der Waals surface area contributed by atoms with Crippen LogP contribution in [0.2, 0.25) is 0 Å². The van der Waals surface area contributed by atoms with Crippen molar-refractivity contribution in [3.63, 3.8) is 0 Å². The molecule has 2 nitrogen and oxygen atoms in total. The van der Waals surface area contributed by atoms with Crippen molar-refractivity contribution in [3.8, 4) is 11.1 Å². The lowest BCUT2D eigenvalue weighted by Crippen LogP contribution is -2.40. The molecular formula is C20H24F2N2. The summed E-state index contributed by atoms with van der Waals surface area (Å²) < 4.78 is 25.2. The lowest BCUT2D eigenvalue weighted by atomic mass is 10.0. The predicted molar refractivity (Wildman–Crippen MR) is 94.2 cm³/mol. The Kier molecular flexibility index (Phi) is 5.59. The van der Waals surface area contributed by atoms with Crippen LogP contribution in [0, 0.1) is 0 Å². The molecule has 0 saturated carbocycles. The summed E-state index contributed by atoms with van der Waals surface area (Å²) in [5.41, 5.74) is 3.34. The first-order valence-corrected chi connectivity index (χ1v) is 8.51. The van der Waals surface area contributed by atoms with Gasteiger partial charge in [-0.05, 0) is 49.7 Å². The van der Waals surface area contributed by atoms with Crippen molar-refractivity contribution in [1.29, 1.82) is 0 Å². The minimum atomic E-state index is -2.41. The van der Waals surface area contributed by atoms with E-state index in [1.807, 2.05) is 0 Å². The zero-order valence-corrected chi connectivity index (χ0v) is 14.0. The Morgan fingerprint density at radius 3 is 2.04 bits per heavy atom. The smallest absolute Gasteiger partial charge is 0.263 e. The summed E-state index contributed by atoms with van der Waals surface area (Å²) in [4.78, 5) is 2.37. The molecule has 1 aliphatic heterocycles. The highest BCUT2D eigenvalue weighted by Crippen LogP contribution is 2.24. The molecule has 1 fully saturated rings. The molecule has 0 aromatic heterocycles. The molecule has 0 atom stereocenters. The molecule has 2 aromatic carbocycles. The summed E-state index contributed by atoms with van der Waals surface area (Å²) in [5.74, 6) is 0. The Hall–Kier alpha value is -1.78. The van der Waals surface area contributed by atoms with Crippen molar-refractivity contribution in [3.05, 3.63) is 59.7 Å². The number of halogens is 2. The summed E-state index contributed by atoms with van der Waals surface area (Å²) in [6, 6.07) is 15.4. The summed E-state index contributed by atoms with van der Waals surface area (Å²) in [5, 5.41) is 3.63. The van der Waals surface area contributed by atoms with Crippen LogP contribution in [0.3, 0.4) is 0 Å². The Balaban J connectivity index is 1.57. The molecule has 0 amide bonds. The lowest BCUT2D eigenvalue weighted by Gasteiger charge is -2.29. The van der Waals surface area contributed by atoms with Crippen molar-refractivity contribution in [2.24, 2.45) is 0 Å². The van der Waals surface area contributed by atoms with E-state index in [0.29, 0.717) is 6.04 Å². The van der Waals surface area contributed by atoms with Gasteiger partial charge in [0, 0.05) is 18.2 Å². The minimum Gasteiger partial charge on any atom is -0.310 e. The van der Waals surface area contributed by atoms with Gasteiger partial charge in [0.25, 0.3) is 6.43 Å².